The van der Waals surface area contributed by atoms with Crippen LogP contribution in [-0.2, 0) is 0 Å². The number of nitro groups is 1. The van der Waals surface area contributed by atoms with Gasteiger partial charge in [0.15, 0.2) is 0 Å². The highest BCUT2D eigenvalue weighted by molar-refractivity contribution is 6.33. The van der Waals surface area contributed by atoms with Crippen molar-refractivity contribution in [3.8, 4) is 0 Å². The normalized spacial score (nSPS) is 9.86. The number of primary amides is 1. The zero-order valence-corrected chi connectivity index (χ0v) is 8.04. The van der Waals surface area contributed by atoms with E-state index < -0.39 is 10.8 Å². The predicted octanol–water partition coefficient (Wildman–Crippen LogP) is 1.66. The van der Waals surface area contributed by atoms with Gasteiger partial charge in [0.05, 0.1) is 4.92 Å². The van der Waals surface area contributed by atoms with Crippen molar-refractivity contribution < 1.29 is 9.72 Å². The number of nitrogens with zero attached hydrogens (tertiary/aromatic N) is 1. The van der Waals surface area contributed by atoms with Crippen molar-refractivity contribution in [3.63, 3.8) is 0 Å². The maximum absolute atomic E-state index is 10.8. The van der Waals surface area contributed by atoms with Crippen molar-refractivity contribution in [2.75, 3.05) is 0 Å². The summed E-state index contributed by atoms with van der Waals surface area (Å²) in [6, 6.07) is 2.46. The maximum atomic E-state index is 10.8. The molecular formula is C8H7ClN2O3. The number of nitrogens with two attached hydrogens (primary N) is 1. The molecule has 0 aliphatic heterocycles. The van der Waals surface area contributed by atoms with Crippen LogP contribution in [0.3, 0.4) is 0 Å². The Balaban J connectivity index is 3.41. The summed E-state index contributed by atoms with van der Waals surface area (Å²) in [5, 5.41) is 10.4. The molecule has 6 heteroatoms. The smallest absolute Gasteiger partial charge is 0.288 e. The van der Waals surface area contributed by atoms with Crippen LogP contribution < -0.4 is 5.73 Å². The molecule has 1 aromatic rings. The first-order chi connectivity index (χ1) is 6.45. The second kappa shape index (κ2) is 3.63. The largest absolute Gasteiger partial charge is 0.366 e. The van der Waals surface area contributed by atoms with E-state index in [9.17, 15) is 14.9 Å². The molecule has 0 aliphatic rings. The molecule has 0 radical (unpaired) electrons. The Labute approximate surface area is 84.6 Å². The van der Waals surface area contributed by atoms with Crippen LogP contribution in [-0.4, -0.2) is 10.8 Å². The molecule has 0 spiro atoms. The Morgan fingerprint density at radius 3 is 2.57 bits per heavy atom. The molecule has 0 aromatic heterocycles. The van der Waals surface area contributed by atoms with Crippen molar-refractivity contribution in [3.05, 3.63) is 38.4 Å². The number of hydrogen-bond acceptors (Lipinski definition) is 3. The number of carbonyl (C=O) groups excluding carboxylic acids is 1. The van der Waals surface area contributed by atoms with E-state index in [4.69, 9.17) is 17.3 Å². The number of nitro benzene ring substituents is 1. The van der Waals surface area contributed by atoms with Gasteiger partial charge in [-0.15, -0.1) is 0 Å². The highest BCUT2D eigenvalue weighted by Crippen LogP contribution is 2.29. The number of rotatable bonds is 2. The minimum Gasteiger partial charge on any atom is -0.366 e. The van der Waals surface area contributed by atoms with Crippen LogP contribution in [0.25, 0.3) is 0 Å². The fourth-order valence-electron chi connectivity index (χ4n) is 1.08. The Hall–Kier alpha value is -1.62. The number of amides is 1. The summed E-state index contributed by atoms with van der Waals surface area (Å²) in [7, 11) is 0. The minimum absolute atomic E-state index is 0.0497. The molecule has 2 N–H and O–H groups in total. The van der Waals surface area contributed by atoms with Gasteiger partial charge in [0.2, 0.25) is 5.91 Å². The van der Waals surface area contributed by atoms with Crippen molar-refractivity contribution in [2.24, 2.45) is 5.73 Å². The van der Waals surface area contributed by atoms with Gasteiger partial charge in [0, 0.05) is 11.6 Å². The van der Waals surface area contributed by atoms with Gasteiger partial charge in [-0.05, 0) is 18.6 Å². The number of carbonyl (C=O) groups is 1. The van der Waals surface area contributed by atoms with Crippen molar-refractivity contribution in [2.45, 2.75) is 6.92 Å². The fraction of sp³-hybridized carbons (Fsp3) is 0.125. The molecule has 0 aliphatic carbocycles. The molecule has 0 atom stereocenters. The first kappa shape index (κ1) is 10.5. The van der Waals surface area contributed by atoms with Crippen LogP contribution in [0.5, 0.6) is 0 Å². The summed E-state index contributed by atoms with van der Waals surface area (Å²) in [5.41, 5.74) is 5.34. The number of halogens is 1. The summed E-state index contributed by atoms with van der Waals surface area (Å²) in [4.78, 5) is 20.7. The molecule has 0 saturated heterocycles. The van der Waals surface area contributed by atoms with Crippen molar-refractivity contribution >= 4 is 23.2 Å². The third-order valence-electron chi connectivity index (χ3n) is 1.83. The van der Waals surface area contributed by atoms with Crippen LogP contribution in [0.15, 0.2) is 12.1 Å². The monoisotopic (exact) mass is 214 g/mol. The van der Waals surface area contributed by atoms with Crippen molar-refractivity contribution in [1.29, 1.82) is 0 Å². The fourth-order valence-corrected chi connectivity index (χ4v) is 1.31. The summed E-state index contributed by atoms with van der Waals surface area (Å²) >= 11 is 5.69. The predicted molar refractivity (Wildman–Crippen MR) is 51.4 cm³/mol. The van der Waals surface area contributed by atoms with Gasteiger partial charge in [-0.25, -0.2) is 0 Å². The first-order valence-electron chi connectivity index (χ1n) is 3.68. The van der Waals surface area contributed by atoms with E-state index in [0.717, 1.165) is 6.07 Å². The lowest BCUT2D eigenvalue weighted by molar-refractivity contribution is -0.384. The molecule has 0 unspecified atom stereocenters. The quantitative estimate of drug-likeness (QED) is 0.600. The lowest BCUT2D eigenvalue weighted by atomic mass is 10.1. The van der Waals surface area contributed by atoms with Gasteiger partial charge in [-0.3, -0.25) is 14.9 Å². The second-order valence-electron chi connectivity index (χ2n) is 2.69. The van der Waals surface area contributed by atoms with Crippen LogP contribution in [0.2, 0.25) is 5.02 Å². The average Bonchev–Trinajstić information content (AvgIpc) is 2.08. The highest BCUT2D eigenvalue weighted by Gasteiger charge is 2.18. The van der Waals surface area contributed by atoms with E-state index in [2.05, 4.69) is 0 Å². The summed E-state index contributed by atoms with van der Waals surface area (Å²) in [6.07, 6.45) is 0. The number of hydrogen-bond donors (Lipinski definition) is 1. The van der Waals surface area contributed by atoms with Gasteiger partial charge in [-0.2, -0.15) is 0 Å². The summed E-state index contributed by atoms with van der Waals surface area (Å²) in [6.45, 7) is 1.51. The molecule has 14 heavy (non-hydrogen) atoms. The minimum atomic E-state index is -0.653. The van der Waals surface area contributed by atoms with Gasteiger partial charge in [0.25, 0.3) is 5.69 Å². The van der Waals surface area contributed by atoms with Gasteiger partial charge in [0.1, 0.15) is 5.02 Å². The third kappa shape index (κ3) is 1.67. The van der Waals surface area contributed by atoms with Crippen LogP contribution >= 0.6 is 11.6 Å². The van der Waals surface area contributed by atoms with E-state index in [1.54, 1.807) is 0 Å². The van der Waals surface area contributed by atoms with E-state index in [-0.39, 0.29) is 16.3 Å². The molecule has 1 aromatic carbocycles. The molecular weight excluding hydrogens is 208 g/mol. The maximum Gasteiger partial charge on any atom is 0.288 e. The zero-order chi connectivity index (χ0) is 10.9. The van der Waals surface area contributed by atoms with E-state index in [1.807, 2.05) is 0 Å². The standard InChI is InChI=1S/C8H7ClN2O3/c1-4-5(8(10)12)2-3-6(7(4)9)11(13)14/h2-3H,1H3,(H2,10,12). The molecule has 0 saturated carbocycles. The van der Waals surface area contributed by atoms with E-state index >= 15 is 0 Å². The van der Waals surface area contributed by atoms with Gasteiger partial charge in [-0.1, -0.05) is 11.6 Å². The molecule has 0 fully saturated rings. The van der Waals surface area contributed by atoms with Crippen LogP contribution in [0.4, 0.5) is 5.69 Å². The molecule has 74 valence electrons. The summed E-state index contributed by atoms with van der Waals surface area (Å²) < 4.78 is 0. The Kier molecular flexibility index (Phi) is 2.71. The third-order valence-corrected chi connectivity index (χ3v) is 2.31. The Morgan fingerprint density at radius 2 is 2.14 bits per heavy atom. The zero-order valence-electron chi connectivity index (χ0n) is 7.28. The highest BCUT2D eigenvalue weighted by atomic mass is 35.5. The van der Waals surface area contributed by atoms with Gasteiger partial charge < -0.3 is 5.73 Å². The van der Waals surface area contributed by atoms with Gasteiger partial charge >= 0.3 is 0 Å². The topological polar surface area (TPSA) is 86.2 Å². The Bertz CT molecular complexity index is 378. The van der Waals surface area contributed by atoms with Crippen molar-refractivity contribution in [1.82, 2.24) is 0 Å². The average molecular weight is 215 g/mol. The lowest BCUT2D eigenvalue weighted by Gasteiger charge is -2.03. The SMILES string of the molecule is Cc1c(C(N)=O)ccc([N+](=O)[O-])c1Cl. The molecule has 1 amide bonds. The van der Waals surface area contributed by atoms with Crippen LogP contribution in [0.1, 0.15) is 15.9 Å². The number of benzene rings is 1. The molecule has 1 rings (SSSR count). The first-order valence-corrected chi connectivity index (χ1v) is 4.06. The molecule has 0 bridgehead atoms. The van der Waals surface area contributed by atoms with Crippen LogP contribution in [0, 0.1) is 17.0 Å². The van der Waals surface area contributed by atoms with E-state index in [0.29, 0.717) is 5.56 Å². The second-order valence-corrected chi connectivity index (χ2v) is 3.07. The lowest BCUT2D eigenvalue weighted by Crippen LogP contribution is -2.13. The molecule has 0 heterocycles. The summed E-state index contributed by atoms with van der Waals surface area (Å²) in [5.74, 6) is -0.653. The molecule has 5 nitrogen and oxygen atoms in total. The Morgan fingerprint density at radius 1 is 1.57 bits per heavy atom. The van der Waals surface area contributed by atoms with E-state index in [1.165, 1.54) is 13.0 Å².